The smallest absolute Gasteiger partial charge is 0.124 e. The number of thioether (sulfide) groups is 1. The topological polar surface area (TPSA) is 23.5 Å². The van der Waals surface area contributed by atoms with Gasteiger partial charge >= 0.3 is 0 Å². The molecule has 1 aromatic carbocycles. The number of phenolic OH excluding ortho intramolecular Hbond substituents is 1. The fourth-order valence-corrected chi connectivity index (χ4v) is 4.06. The van der Waals surface area contributed by atoms with Crippen LogP contribution in [0.5, 0.6) is 5.75 Å². The van der Waals surface area contributed by atoms with Gasteiger partial charge < -0.3 is 5.11 Å². The molecule has 0 saturated heterocycles. The second kappa shape index (κ2) is 12.9. The van der Waals surface area contributed by atoms with Gasteiger partial charge in [0.1, 0.15) is 5.75 Å². The van der Waals surface area contributed by atoms with Crippen molar-refractivity contribution in [2.45, 2.75) is 71.6 Å². The molecule has 2 nitrogen and oxygen atoms in total. The largest absolute Gasteiger partial charge is 0.507 e. The van der Waals surface area contributed by atoms with Crippen LogP contribution in [0, 0.1) is 0 Å². The van der Waals surface area contributed by atoms with Crippen LogP contribution >= 0.6 is 23.4 Å². The molecule has 0 amide bonds. The van der Waals surface area contributed by atoms with Gasteiger partial charge in [-0.25, -0.2) is 0 Å². The number of unbranched alkanes of at least 4 members (excludes halogenated alkanes) is 5. The molecule has 1 aromatic rings. The average molecular weight is 372 g/mol. The lowest BCUT2D eigenvalue weighted by Crippen LogP contribution is -2.22. The normalized spacial score (nSPS) is 11.4. The van der Waals surface area contributed by atoms with E-state index in [1.54, 1.807) is 0 Å². The first kappa shape index (κ1) is 21.7. The van der Waals surface area contributed by atoms with Crippen LogP contribution < -0.4 is 0 Å². The Bertz CT molecular complexity index is 463. The van der Waals surface area contributed by atoms with Gasteiger partial charge in [-0.1, -0.05) is 64.5 Å². The SMILES string of the molecule is CCCCCCCCSCc1cc(Cl)cc(CN(CC)CC)c1O. The lowest BCUT2D eigenvalue weighted by molar-refractivity contribution is 0.290. The number of benzene rings is 1. The van der Waals surface area contributed by atoms with Gasteiger partial charge in [0, 0.05) is 28.4 Å². The summed E-state index contributed by atoms with van der Waals surface area (Å²) in [6, 6.07) is 3.81. The van der Waals surface area contributed by atoms with Gasteiger partial charge in [-0.05, 0) is 37.4 Å². The molecule has 0 aromatic heterocycles. The number of rotatable bonds is 13. The third-order valence-electron chi connectivity index (χ3n) is 4.42. The summed E-state index contributed by atoms with van der Waals surface area (Å²) in [6.45, 7) is 9.25. The van der Waals surface area contributed by atoms with Gasteiger partial charge in [0.05, 0.1) is 0 Å². The lowest BCUT2D eigenvalue weighted by atomic mass is 10.1. The molecule has 0 fully saturated rings. The van der Waals surface area contributed by atoms with Crippen molar-refractivity contribution < 1.29 is 5.11 Å². The fraction of sp³-hybridized carbons (Fsp3) is 0.700. The van der Waals surface area contributed by atoms with E-state index in [0.717, 1.165) is 47.3 Å². The molecule has 0 aliphatic carbocycles. The predicted octanol–water partition coefficient (Wildman–Crippen LogP) is 6.48. The van der Waals surface area contributed by atoms with Crippen LogP contribution in [-0.4, -0.2) is 28.8 Å². The molecule has 24 heavy (non-hydrogen) atoms. The van der Waals surface area contributed by atoms with Crippen molar-refractivity contribution in [1.29, 1.82) is 0 Å². The highest BCUT2D eigenvalue weighted by Crippen LogP contribution is 2.31. The zero-order chi connectivity index (χ0) is 17.8. The highest BCUT2D eigenvalue weighted by molar-refractivity contribution is 7.98. The molecule has 0 bridgehead atoms. The number of hydrogen-bond donors (Lipinski definition) is 1. The molecule has 138 valence electrons. The van der Waals surface area contributed by atoms with Crippen LogP contribution in [0.2, 0.25) is 5.02 Å². The van der Waals surface area contributed by atoms with Crippen LogP contribution in [0.1, 0.15) is 70.4 Å². The van der Waals surface area contributed by atoms with Gasteiger partial charge in [0.15, 0.2) is 0 Å². The third kappa shape index (κ3) is 8.13. The molecule has 0 heterocycles. The van der Waals surface area contributed by atoms with Gasteiger partial charge in [-0.15, -0.1) is 0 Å². The Morgan fingerprint density at radius 3 is 2.25 bits per heavy atom. The van der Waals surface area contributed by atoms with E-state index in [1.807, 2.05) is 23.9 Å². The first-order valence-corrected chi connectivity index (χ1v) is 11.0. The molecule has 0 saturated carbocycles. The molecule has 1 rings (SSSR count). The Hall–Kier alpha value is -0.380. The van der Waals surface area contributed by atoms with Crippen molar-refractivity contribution in [3.63, 3.8) is 0 Å². The maximum Gasteiger partial charge on any atom is 0.124 e. The van der Waals surface area contributed by atoms with Crippen molar-refractivity contribution in [3.05, 3.63) is 28.3 Å². The maximum atomic E-state index is 10.6. The second-order valence-corrected chi connectivity index (χ2v) is 7.90. The monoisotopic (exact) mass is 371 g/mol. The summed E-state index contributed by atoms with van der Waals surface area (Å²) in [5.41, 5.74) is 1.92. The van der Waals surface area contributed by atoms with E-state index in [1.165, 1.54) is 38.5 Å². The molecule has 0 radical (unpaired) electrons. The van der Waals surface area contributed by atoms with E-state index in [4.69, 9.17) is 11.6 Å². The van der Waals surface area contributed by atoms with Crippen molar-refractivity contribution in [3.8, 4) is 5.75 Å². The minimum absolute atomic E-state index is 0.432. The van der Waals surface area contributed by atoms with E-state index in [9.17, 15) is 5.11 Å². The van der Waals surface area contributed by atoms with E-state index < -0.39 is 0 Å². The zero-order valence-electron chi connectivity index (χ0n) is 15.6. The number of aromatic hydroxyl groups is 1. The van der Waals surface area contributed by atoms with Crippen molar-refractivity contribution in [1.82, 2.24) is 4.90 Å². The van der Waals surface area contributed by atoms with Crippen LogP contribution in [0.25, 0.3) is 0 Å². The minimum Gasteiger partial charge on any atom is -0.507 e. The van der Waals surface area contributed by atoms with E-state index in [2.05, 4.69) is 25.7 Å². The van der Waals surface area contributed by atoms with E-state index in [0.29, 0.717) is 5.75 Å². The Morgan fingerprint density at radius 2 is 1.58 bits per heavy atom. The summed E-state index contributed by atoms with van der Waals surface area (Å²) in [6.07, 6.45) is 7.97. The van der Waals surface area contributed by atoms with Gasteiger partial charge in [0.2, 0.25) is 0 Å². The van der Waals surface area contributed by atoms with Crippen LogP contribution in [0.4, 0.5) is 0 Å². The van der Waals surface area contributed by atoms with Crippen LogP contribution in [0.3, 0.4) is 0 Å². The predicted molar refractivity (Wildman–Crippen MR) is 109 cm³/mol. The first-order valence-electron chi connectivity index (χ1n) is 9.42. The Kier molecular flexibility index (Phi) is 11.7. The molecule has 0 aliphatic rings. The summed E-state index contributed by atoms with van der Waals surface area (Å²) < 4.78 is 0. The number of hydrogen-bond acceptors (Lipinski definition) is 3. The van der Waals surface area contributed by atoms with Gasteiger partial charge in [-0.2, -0.15) is 11.8 Å². The molecule has 0 atom stereocenters. The summed E-state index contributed by atoms with van der Waals surface area (Å²) in [5.74, 6) is 2.43. The van der Waals surface area contributed by atoms with Crippen LogP contribution in [0.15, 0.2) is 12.1 Å². The molecule has 0 spiro atoms. The highest BCUT2D eigenvalue weighted by atomic mass is 35.5. The second-order valence-electron chi connectivity index (χ2n) is 6.35. The summed E-state index contributed by atoms with van der Waals surface area (Å²) in [5, 5.41) is 11.3. The summed E-state index contributed by atoms with van der Waals surface area (Å²) in [7, 11) is 0. The lowest BCUT2D eigenvalue weighted by Gasteiger charge is -2.20. The number of halogens is 1. The molecule has 1 N–H and O–H groups in total. The first-order chi connectivity index (χ1) is 11.6. The molecule has 0 unspecified atom stereocenters. The zero-order valence-corrected chi connectivity index (χ0v) is 17.2. The van der Waals surface area contributed by atoms with Crippen molar-refractivity contribution in [2.75, 3.05) is 18.8 Å². The maximum absolute atomic E-state index is 10.6. The van der Waals surface area contributed by atoms with Crippen molar-refractivity contribution in [2.24, 2.45) is 0 Å². The third-order valence-corrected chi connectivity index (χ3v) is 5.73. The van der Waals surface area contributed by atoms with Gasteiger partial charge in [-0.3, -0.25) is 4.90 Å². The number of nitrogens with zero attached hydrogens (tertiary/aromatic N) is 1. The van der Waals surface area contributed by atoms with Crippen LogP contribution in [-0.2, 0) is 12.3 Å². The summed E-state index contributed by atoms with van der Waals surface area (Å²) in [4.78, 5) is 2.29. The average Bonchev–Trinajstić information content (AvgIpc) is 2.58. The molecular weight excluding hydrogens is 338 g/mol. The molecule has 0 aliphatic heterocycles. The Morgan fingerprint density at radius 1 is 0.958 bits per heavy atom. The quantitative estimate of drug-likeness (QED) is 0.401. The number of phenols is 1. The van der Waals surface area contributed by atoms with E-state index >= 15 is 0 Å². The molecular formula is C20H34ClNOS. The highest BCUT2D eigenvalue weighted by Gasteiger charge is 2.12. The van der Waals surface area contributed by atoms with Gasteiger partial charge in [0.25, 0.3) is 0 Å². The fourth-order valence-electron chi connectivity index (χ4n) is 2.80. The Labute approximate surface area is 158 Å². The van der Waals surface area contributed by atoms with Crippen molar-refractivity contribution >= 4 is 23.4 Å². The minimum atomic E-state index is 0.432. The Balaban J connectivity index is 2.46. The summed E-state index contributed by atoms with van der Waals surface area (Å²) >= 11 is 8.16. The standard InChI is InChI=1S/C20H34ClNOS/c1-4-7-8-9-10-11-12-24-16-18-14-19(21)13-17(20(18)23)15-22(5-2)6-3/h13-14,23H,4-12,15-16H2,1-3H3. The van der Waals surface area contributed by atoms with E-state index in [-0.39, 0.29) is 0 Å². The molecule has 4 heteroatoms.